The summed E-state index contributed by atoms with van der Waals surface area (Å²) in [4.78, 5) is 12.8. The third kappa shape index (κ3) is 4.41. The molecule has 0 aliphatic carbocycles. The summed E-state index contributed by atoms with van der Waals surface area (Å²) in [6, 6.07) is 12.1. The zero-order chi connectivity index (χ0) is 18.6. The predicted octanol–water partition coefficient (Wildman–Crippen LogP) is 5.53. The van der Waals surface area contributed by atoms with Crippen molar-refractivity contribution in [3.63, 3.8) is 0 Å². The quantitative estimate of drug-likeness (QED) is 0.751. The molecule has 1 amide bonds. The van der Waals surface area contributed by atoms with Gasteiger partial charge < -0.3 is 10.1 Å². The number of rotatable bonds is 6. The molecule has 25 heavy (non-hydrogen) atoms. The summed E-state index contributed by atoms with van der Waals surface area (Å²) >= 11 is 0. The monoisotopic (exact) mass is 339 g/mol. The van der Waals surface area contributed by atoms with Gasteiger partial charge in [0.15, 0.2) is 6.10 Å². The van der Waals surface area contributed by atoms with Gasteiger partial charge in [-0.15, -0.1) is 0 Å². The highest BCUT2D eigenvalue weighted by molar-refractivity contribution is 5.95. The van der Waals surface area contributed by atoms with E-state index in [-0.39, 0.29) is 5.91 Å². The molecule has 2 rings (SSSR count). The smallest absolute Gasteiger partial charge is 0.265 e. The van der Waals surface area contributed by atoms with Crippen LogP contribution in [-0.2, 0) is 4.79 Å². The van der Waals surface area contributed by atoms with Crippen LogP contribution in [0.3, 0.4) is 0 Å². The van der Waals surface area contributed by atoms with Gasteiger partial charge in [-0.2, -0.15) is 0 Å². The van der Waals surface area contributed by atoms with Gasteiger partial charge in [0.1, 0.15) is 5.75 Å². The number of amides is 1. The van der Waals surface area contributed by atoms with E-state index in [0.29, 0.717) is 12.3 Å². The lowest BCUT2D eigenvalue weighted by Crippen LogP contribution is -2.33. The van der Waals surface area contributed by atoms with Crippen LogP contribution in [0.25, 0.3) is 0 Å². The second-order valence-electron chi connectivity index (χ2n) is 6.90. The number of anilines is 1. The Kier molecular flexibility index (Phi) is 6.24. The van der Waals surface area contributed by atoms with Crippen molar-refractivity contribution in [1.29, 1.82) is 0 Å². The Morgan fingerprint density at radius 1 is 1.04 bits per heavy atom. The number of aryl methyl sites for hydroxylation is 2. The van der Waals surface area contributed by atoms with Crippen LogP contribution in [-0.4, -0.2) is 12.0 Å². The molecule has 0 aromatic heterocycles. The van der Waals surface area contributed by atoms with Gasteiger partial charge in [-0.05, 0) is 61.4 Å². The number of carbonyl (C=O) groups excluding carboxylic acids is 1. The summed E-state index contributed by atoms with van der Waals surface area (Å²) in [5.74, 6) is 1.02. The lowest BCUT2D eigenvalue weighted by Gasteiger charge is -2.22. The highest BCUT2D eigenvalue weighted by atomic mass is 16.5. The Morgan fingerprint density at radius 2 is 1.68 bits per heavy atom. The molecule has 134 valence electrons. The Labute approximate surface area is 151 Å². The summed E-state index contributed by atoms with van der Waals surface area (Å²) in [6.07, 6.45) is 0.0994. The van der Waals surface area contributed by atoms with Gasteiger partial charge in [0.05, 0.1) is 0 Å². The van der Waals surface area contributed by atoms with E-state index >= 15 is 0 Å². The molecule has 2 aromatic carbocycles. The van der Waals surface area contributed by atoms with Crippen LogP contribution in [0.5, 0.6) is 5.75 Å². The Hall–Kier alpha value is -2.29. The number of carbonyl (C=O) groups is 1. The molecule has 0 heterocycles. The molecule has 1 N–H and O–H groups in total. The molecule has 0 fully saturated rings. The van der Waals surface area contributed by atoms with Crippen molar-refractivity contribution in [1.82, 2.24) is 0 Å². The van der Waals surface area contributed by atoms with E-state index in [1.165, 1.54) is 0 Å². The van der Waals surface area contributed by atoms with Gasteiger partial charge in [-0.3, -0.25) is 4.79 Å². The number of hydrogen-bond acceptors (Lipinski definition) is 2. The van der Waals surface area contributed by atoms with Crippen molar-refractivity contribution in [3.05, 3.63) is 58.7 Å². The summed E-state index contributed by atoms with van der Waals surface area (Å²) < 4.78 is 6.04. The molecule has 0 bridgehead atoms. The first kappa shape index (κ1) is 19.0. The lowest BCUT2D eigenvalue weighted by atomic mass is 9.98. The molecule has 0 saturated heterocycles. The molecule has 0 aliphatic heterocycles. The average molecular weight is 339 g/mol. The normalized spacial score (nSPS) is 12.1. The van der Waals surface area contributed by atoms with E-state index < -0.39 is 6.10 Å². The molecule has 1 atom stereocenters. The van der Waals surface area contributed by atoms with Crippen LogP contribution in [0.15, 0.2) is 36.4 Å². The summed E-state index contributed by atoms with van der Waals surface area (Å²) in [5.41, 5.74) is 5.36. The molecule has 2 aromatic rings. The van der Waals surface area contributed by atoms with Crippen LogP contribution >= 0.6 is 0 Å². The third-order valence-corrected chi connectivity index (χ3v) is 4.66. The standard InChI is InChI=1S/C22H29NO2/c1-7-19(25-20-13-9-10-15(4)17(20)6)22(24)23-21-16(5)11-8-12-18(21)14(2)3/h8-14,19H,7H2,1-6H3,(H,23,24)/t19-/m1/s1. The van der Waals surface area contributed by atoms with Gasteiger partial charge in [-0.1, -0.05) is 51.1 Å². The number of hydrogen-bond donors (Lipinski definition) is 1. The van der Waals surface area contributed by atoms with E-state index in [4.69, 9.17) is 4.74 Å². The zero-order valence-electron chi connectivity index (χ0n) is 16.1. The maximum Gasteiger partial charge on any atom is 0.265 e. The second kappa shape index (κ2) is 8.19. The summed E-state index contributed by atoms with van der Waals surface area (Å²) in [7, 11) is 0. The molecule has 0 radical (unpaired) electrons. The van der Waals surface area contributed by atoms with Crippen molar-refractivity contribution in [2.75, 3.05) is 5.32 Å². The lowest BCUT2D eigenvalue weighted by molar-refractivity contribution is -0.122. The van der Waals surface area contributed by atoms with Crippen LogP contribution in [0.2, 0.25) is 0 Å². The van der Waals surface area contributed by atoms with Gasteiger partial charge in [0.2, 0.25) is 0 Å². The largest absolute Gasteiger partial charge is 0.480 e. The van der Waals surface area contributed by atoms with Crippen LogP contribution in [0, 0.1) is 20.8 Å². The number of nitrogens with one attached hydrogen (secondary N) is 1. The van der Waals surface area contributed by atoms with Gasteiger partial charge in [0.25, 0.3) is 5.91 Å². The zero-order valence-corrected chi connectivity index (χ0v) is 16.1. The number of para-hydroxylation sites is 1. The number of benzene rings is 2. The molecule has 3 nitrogen and oxygen atoms in total. The molecular formula is C22H29NO2. The van der Waals surface area contributed by atoms with Gasteiger partial charge >= 0.3 is 0 Å². The first-order valence-electron chi connectivity index (χ1n) is 8.98. The minimum absolute atomic E-state index is 0.0976. The molecule has 0 spiro atoms. The Balaban J connectivity index is 2.23. The minimum atomic E-state index is -0.514. The van der Waals surface area contributed by atoms with Crippen LogP contribution in [0.1, 0.15) is 55.4 Å². The molecule has 0 aliphatic rings. The van der Waals surface area contributed by atoms with Crippen molar-refractivity contribution >= 4 is 11.6 Å². The SMILES string of the molecule is CC[C@@H](Oc1cccc(C)c1C)C(=O)Nc1c(C)cccc1C(C)C. The Bertz CT molecular complexity index is 750. The third-order valence-electron chi connectivity index (χ3n) is 4.66. The van der Waals surface area contributed by atoms with Crippen LogP contribution in [0.4, 0.5) is 5.69 Å². The first-order valence-corrected chi connectivity index (χ1v) is 8.98. The van der Waals surface area contributed by atoms with Gasteiger partial charge in [-0.25, -0.2) is 0 Å². The fourth-order valence-electron chi connectivity index (χ4n) is 2.87. The van der Waals surface area contributed by atoms with Crippen molar-refractivity contribution in [2.24, 2.45) is 0 Å². The van der Waals surface area contributed by atoms with E-state index in [0.717, 1.165) is 33.7 Å². The molecule has 0 saturated carbocycles. The molecule has 3 heteroatoms. The van der Waals surface area contributed by atoms with Crippen molar-refractivity contribution < 1.29 is 9.53 Å². The summed E-state index contributed by atoms with van der Waals surface area (Å²) in [6.45, 7) is 12.3. The average Bonchev–Trinajstić information content (AvgIpc) is 2.57. The fraction of sp³-hybridized carbons (Fsp3) is 0.409. The van der Waals surface area contributed by atoms with Gasteiger partial charge in [0, 0.05) is 5.69 Å². The second-order valence-corrected chi connectivity index (χ2v) is 6.90. The molecule has 0 unspecified atom stereocenters. The first-order chi connectivity index (χ1) is 11.8. The maximum atomic E-state index is 12.8. The van der Waals surface area contributed by atoms with Crippen LogP contribution < -0.4 is 10.1 Å². The highest BCUT2D eigenvalue weighted by Gasteiger charge is 2.21. The molecular weight excluding hydrogens is 310 g/mol. The van der Waals surface area contributed by atoms with E-state index in [2.05, 4.69) is 25.2 Å². The maximum absolute atomic E-state index is 12.8. The number of ether oxygens (including phenoxy) is 1. The van der Waals surface area contributed by atoms with Crippen molar-refractivity contribution in [2.45, 2.75) is 60.0 Å². The summed E-state index contributed by atoms with van der Waals surface area (Å²) in [5, 5.41) is 3.10. The Morgan fingerprint density at radius 3 is 2.32 bits per heavy atom. The minimum Gasteiger partial charge on any atom is -0.480 e. The van der Waals surface area contributed by atoms with E-state index in [1.54, 1.807) is 0 Å². The predicted molar refractivity (Wildman–Crippen MR) is 105 cm³/mol. The van der Waals surface area contributed by atoms with Crippen molar-refractivity contribution in [3.8, 4) is 5.75 Å². The van der Waals surface area contributed by atoms with E-state index in [1.807, 2.05) is 58.0 Å². The highest BCUT2D eigenvalue weighted by Crippen LogP contribution is 2.28. The van der Waals surface area contributed by atoms with E-state index in [9.17, 15) is 4.79 Å². The topological polar surface area (TPSA) is 38.3 Å². The fourth-order valence-corrected chi connectivity index (χ4v) is 2.87.